The zero-order valence-electron chi connectivity index (χ0n) is 15.9. The number of nitrogens with zero attached hydrogens (tertiary/aromatic N) is 1. The van der Waals surface area contributed by atoms with E-state index in [2.05, 4.69) is 0 Å². The van der Waals surface area contributed by atoms with Crippen molar-refractivity contribution in [2.75, 3.05) is 23.9 Å². The van der Waals surface area contributed by atoms with E-state index >= 15 is 0 Å². The molecule has 0 N–H and O–H groups in total. The molecule has 1 atom stereocenters. The molecule has 0 radical (unpaired) electrons. The fraction of sp³-hybridized carbons (Fsp3) is 0.286. The summed E-state index contributed by atoms with van der Waals surface area (Å²) in [6.45, 7) is 4.86. The van der Waals surface area contributed by atoms with Gasteiger partial charge in [-0.25, -0.2) is 8.42 Å². The van der Waals surface area contributed by atoms with Crippen molar-refractivity contribution in [1.29, 1.82) is 0 Å². The van der Waals surface area contributed by atoms with Crippen LogP contribution < -0.4 is 14.4 Å². The average molecular weight is 401 g/mol. The van der Waals surface area contributed by atoms with Gasteiger partial charge < -0.3 is 14.4 Å². The Hall–Kier alpha value is -2.80. The number of hydrogen-bond donors (Lipinski definition) is 0. The number of ether oxygens (including phenoxy) is 2. The Balaban J connectivity index is 1.93. The molecule has 6 nitrogen and oxygen atoms in total. The molecule has 3 rings (SSSR count). The molecule has 2 aromatic rings. The van der Waals surface area contributed by atoms with Crippen LogP contribution in [0.5, 0.6) is 11.5 Å². The number of anilines is 1. The lowest BCUT2D eigenvalue weighted by molar-refractivity contribution is 0.0983. The van der Waals surface area contributed by atoms with Gasteiger partial charge in [-0.3, -0.25) is 4.79 Å². The van der Waals surface area contributed by atoms with Gasteiger partial charge in [-0.05, 0) is 68.5 Å². The van der Waals surface area contributed by atoms with E-state index in [0.29, 0.717) is 36.0 Å². The van der Waals surface area contributed by atoms with Gasteiger partial charge >= 0.3 is 0 Å². The molecule has 1 aliphatic heterocycles. The second-order valence-electron chi connectivity index (χ2n) is 6.28. The van der Waals surface area contributed by atoms with Crippen molar-refractivity contribution >= 4 is 21.4 Å². The van der Waals surface area contributed by atoms with E-state index in [9.17, 15) is 13.2 Å². The predicted octanol–water partition coefficient (Wildman–Crippen LogP) is 3.44. The largest absolute Gasteiger partial charge is 0.494 e. The predicted molar refractivity (Wildman–Crippen MR) is 109 cm³/mol. The van der Waals surface area contributed by atoms with Gasteiger partial charge in [0.25, 0.3) is 5.91 Å². The van der Waals surface area contributed by atoms with E-state index in [1.807, 2.05) is 13.8 Å². The van der Waals surface area contributed by atoms with Crippen LogP contribution in [0.3, 0.4) is 0 Å². The summed E-state index contributed by atoms with van der Waals surface area (Å²) < 4.78 is 34.7. The minimum absolute atomic E-state index is 0.136. The van der Waals surface area contributed by atoms with Gasteiger partial charge in [-0.1, -0.05) is 0 Å². The Morgan fingerprint density at radius 3 is 1.96 bits per heavy atom. The first-order valence-electron chi connectivity index (χ1n) is 9.13. The number of carbonyl (C=O) groups is 1. The Bertz CT molecular complexity index is 949. The maximum Gasteiger partial charge on any atom is 0.258 e. The van der Waals surface area contributed by atoms with E-state index < -0.39 is 15.9 Å². The molecule has 0 saturated carbocycles. The number of rotatable bonds is 7. The summed E-state index contributed by atoms with van der Waals surface area (Å²) in [5.74, 6) is 0.950. The summed E-state index contributed by atoms with van der Waals surface area (Å²) in [7, 11) is -3.31. The lowest BCUT2D eigenvalue weighted by Crippen LogP contribution is -2.41. The molecule has 0 saturated heterocycles. The van der Waals surface area contributed by atoms with Crippen LogP contribution in [-0.2, 0) is 9.84 Å². The topological polar surface area (TPSA) is 72.9 Å². The Morgan fingerprint density at radius 2 is 1.50 bits per heavy atom. The van der Waals surface area contributed by atoms with Crippen molar-refractivity contribution in [2.45, 2.75) is 19.9 Å². The zero-order chi connectivity index (χ0) is 20.1. The first-order chi connectivity index (χ1) is 13.4. The Morgan fingerprint density at radius 1 is 0.964 bits per heavy atom. The molecule has 7 heteroatoms. The molecule has 1 unspecified atom stereocenters. The summed E-state index contributed by atoms with van der Waals surface area (Å²) in [6, 6.07) is 13.3. The van der Waals surface area contributed by atoms with Gasteiger partial charge in [-0.2, -0.15) is 0 Å². The molecule has 2 aromatic carbocycles. The number of hydrogen-bond acceptors (Lipinski definition) is 5. The third kappa shape index (κ3) is 4.54. The zero-order valence-corrected chi connectivity index (χ0v) is 16.7. The second kappa shape index (κ2) is 8.48. The fourth-order valence-corrected chi connectivity index (χ4v) is 4.32. The highest BCUT2D eigenvalue weighted by Gasteiger charge is 2.32. The van der Waals surface area contributed by atoms with Gasteiger partial charge in [0, 0.05) is 16.7 Å². The van der Waals surface area contributed by atoms with Gasteiger partial charge in [-0.15, -0.1) is 0 Å². The summed E-state index contributed by atoms with van der Waals surface area (Å²) in [6.07, 6.45) is 1.55. The minimum Gasteiger partial charge on any atom is -0.494 e. The van der Waals surface area contributed by atoms with Crippen LogP contribution in [0.2, 0.25) is 0 Å². The molecule has 0 aliphatic carbocycles. The standard InChI is InChI=1S/C21H23NO5S/c1-3-26-19-9-5-16(6-10-19)21(23)22(18-13-14-28(24,25)15-18)17-7-11-20(12-8-17)27-4-2/h5-14,18H,3-4,15H2,1-2H3. The summed E-state index contributed by atoms with van der Waals surface area (Å²) in [5.41, 5.74) is 1.06. The summed E-state index contributed by atoms with van der Waals surface area (Å²) in [5, 5.41) is 1.17. The molecule has 148 valence electrons. The van der Waals surface area contributed by atoms with Crippen LogP contribution in [0.15, 0.2) is 60.0 Å². The quantitative estimate of drug-likeness (QED) is 0.711. The van der Waals surface area contributed by atoms with Crippen LogP contribution in [-0.4, -0.2) is 39.3 Å². The molecule has 0 fully saturated rings. The highest BCUT2D eigenvalue weighted by molar-refractivity contribution is 7.94. The normalized spacial score (nSPS) is 17.3. The van der Waals surface area contributed by atoms with Crippen LogP contribution in [0, 0.1) is 0 Å². The molecular formula is C21H23NO5S. The van der Waals surface area contributed by atoms with E-state index in [4.69, 9.17) is 9.47 Å². The van der Waals surface area contributed by atoms with Crippen molar-refractivity contribution in [3.8, 4) is 11.5 Å². The monoisotopic (exact) mass is 401 g/mol. The number of sulfone groups is 1. The first kappa shape index (κ1) is 19.9. The van der Waals surface area contributed by atoms with Crippen LogP contribution in [0.25, 0.3) is 0 Å². The SMILES string of the molecule is CCOc1ccc(C(=O)N(c2ccc(OCC)cc2)C2C=CS(=O)(=O)C2)cc1. The van der Waals surface area contributed by atoms with Crippen molar-refractivity contribution in [3.63, 3.8) is 0 Å². The van der Waals surface area contributed by atoms with Crippen LogP contribution in [0.1, 0.15) is 24.2 Å². The number of carbonyl (C=O) groups excluding carboxylic acids is 1. The molecule has 1 aliphatic rings. The van der Waals surface area contributed by atoms with Gasteiger partial charge in [0.2, 0.25) is 0 Å². The molecule has 0 spiro atoms. The first-order valence-corrected chi connectivity index (χ1v) is 10.9. The lowest BCUT2D eigenvalue weighted by atomic mass is 10.1. The molecule has 1 amide bonds. The minimum atomic E-state index is -3.31. The smallest absolute Gasteiger partial charge is 0.258 e. The fourth-order valence-electron chi connectivity index (χ4n) is 3.05. The molecule has 0 bridgehead atoms. The molecular weight excluding hydrogens is 378 g/mol. The maximum absolute atomic E-state index is 13.2. The molecule has 1 heterocycles. The average Bonchev–Trinajstić information content (AvgIpc) is 3.04. The Kier molecular flexibility index (Phi) is 6.04. The second-order valence-corrected chi connectivity index (χ2v) is 8.22. The number of amides is 1. The van der Waals surface area contributed by atoms with Crippen LogP contribution >= 0.6 is 0 Å². The molecule has 0 aromatic heterocycles. The van der Waals surface area contributed by atoms with Gasteiger partial charge in [0.1, 0.15) is 11.5 Å². The van der Waals surface area contributed by atoms with Gasteiger partial charge in [0.05, 0.1) is 25.0 Å². The van der Waals surface area contributed by atoms with Crippen molar-refractivity contribution in [2.24, 2.45) is 0 Å². The van der Waals surface area contributed by atoms with Crippen molar-refractivity contribution in [3.05, 3.63) is 65.6 Å². The highest BCUT2D eigenvalue weighted by atomic mass is 32.2. The van der Waals surface area contributed by atoms with E-state index in [1.54, 1.807) is 54.6 Å². The lowest BCUT2D eigenvalue weighted by Gasteiger charge is -2.28. The third-order valence-electron chi connectivity index (χ3n) is 4.30. The number of benzene rings is 2. The van der Waals surface area contributed by atoms with Crippen molar-refractivity contribution < 1.29 is 22.7 Å². The van der Waals surface area contributed by atoms with Crippen molar-refractivity contribution in [1.82, 2.24) is 0 Å². The maximum atomic E-state index is 13.2. The van der Waals surface area contributed by atoms with E-state index in [-0.39, 0.29) is 11.7 Å². The molecule has 28 heavy (non-hydrogen) atoms. The Labute approximate surface area is 165 Å². The van der Waals surface area contributed by atoms with Crippen LogP contribution in [0.4, 0.5) is 5.69 Å². The highest BCUT2D eigenvalue weighted by Crippen LogP contribution is 2.27. The third-order valence-corrected chi connectivity index (χ3v) is 5.68. The van der Waals surface area contributed by atoms with E-state index in [0.717, 1.165) is 0 Å². The van der Waals surface area contributed by atoms with E-state index in [1.165, 1.54) is 10.3 Å². The summed E-state index contributed by atoms with van der Waals surface area (Å²) in [4.78, 5) is 14.8. The van der Waals surface area contributed by atoms with Gasteiger partial charge in [0.15, 0.2) is 9.84 Å². The summed E-state index contributed by atoms with van der Waals surface area (Å²) >= 11 is 0.